The second-order valence-corrected chi connectivity index (χ2v) is 20.0. The zero-order valence-electron chi connectivity index (χ0n) is 44.1. The highest BCUT2D eigenvalue weighted by Gasteiger charge is 2.32. The topological polar surface area (TPSA) is 89.7 Å². The number of anilines is 4. The Morgan fingerprint density at radius 1 is 0.408 bits per heavy atom. The number of hydrazone groups is 2. The van der Waals surface area contributed by atoms with E-state index in [1.54, 1.807) is 0 Å². The maximum Gasteiger partial charge on any atom is 0.227 e. The van der Waals surface area contributed by atoms with Crippen LogP contribution in [-0.4, -0.2) is 47.6 Å². The van der Waals surface area contributed by atoms with Gasteiger partial charge in [0.1, 0.15) is 11.0 Å². The summed E-state index contributed by atoms with van der Waals surface area (Å²) in [5.74, 6) is 1.23. The van der Waals surface area contributed by atoms with Crippen molar-refractivity contribution in [3.05, 3.63) is 215 Å². The maximum atomic E-state index is 6.17. The van der Waals surface area contributed by atoms with E-state index in [0.717, 1.165) is 129 Å². The average molecular weight is 999 g/mol. The number of oxazole rings is 2. The normalized spacial score (nSPS) is 15.4. The molecule has 2 aliphatic rings. The highest BCUT2D eigenvalue weighted by Crippen LogP contribution is 2.41. The Hall–Kier alpha value is -8.76. The van der Waals surface area contributed by atoms with Crippen LogP contribution in [0.4, 0.5) is 22.7 Å². The van der Waals surface area contributed by atoms with Crippen LogP contribution >= 0.6 is 0 Å². The molecule has 10 aromatic rings. The van der Waals surface area contributed by atoms with Gasteiger partial charge in [0.15, 0.2) is 11.2 Å². The number of aromatic nitrogens is 2. The standard InChI is InChI=1S/C66H62N8O2/c1-7-71(8-2)53-29-21-49(22-30-53)61-41-57(69-73(61)55-33-25-51(26-34-55)65-67-59-39-43(5)11-37-63(59)75-65)47-17-13-45(14-18-47)46-15-19-48(20-16-46)58-42-62(50-23-31-54(32-24-50)72(9-3)10-4)74(70-58)56-35-27-52(28-36-56)66-68-60-40-44(6)12-38-64(60)76-66/h11-40,61-62H,7-10,41-42H2,1-6H3. The second-order valence-electron chi connectivity index (χ2n) is 20.0. The van der Waals surface area contributed by atoms with Gasteiger partial charge < -0.3 is 18.6 Å². The molecule has 2 atom stereocenters. The van der Waals surface area contributed by atoms with Crippen LogP contribution in [0.2, 0.25) is 0 Å². The molecule has 378 valence electrons. The molecule has 0 bridgehead atoms. The first-order valence-corrected chi connectivity index (χ1v) is 26.8. The molecule has 0 aliphatic carbocycles. The van der Waals surface area contributed by atoms with E-state index in [9.17, 15) is 0 Å². The van der Waals surface area contributed by atoms with Gasteiger partial charge in [0.2, 0.25) is 11.8 Å². The van der Waals surface area contributed by atoms with Gasteiger partial charge in [0.25, 0.3) is 0 Å². The Balaban J connectivity index is 0.799. The van der Waals surface area contributed by atoms with Gasteiger partial charge >= 0.3 is 0 Å². The fraction of sp³-hybridized carbons (Fsp3) is 0.212. The second kappa shape index (κ2) is 20.5. The molecule has 0 saturated heterocycles. The number of fused-ring (bicyclic) bond motifs is 2. The molecule has 10 nitrogen and oxygen atoms in total. The lowest BCUT2D eigenvalue weighted by Crippen LogP contribution is -2.22. The smallest absolute Gasteiger partial charge is 0.227 e. The first-order chi connectivity index (χ1) is 37.2. The number of benzene rings is 8. The highest BCUT2D eigenvalue weighted by atomic mass is 16.4. The number of hydrogen-bond acceptors (Lipinski definition) is 10. The Morgan fingerprint density at radius 3 is 1.11 bits per heavy atom. The molecule has 8 aromatic carbocycles. The monoisotopic (exact) mass is 998 g/mol. The minimum Gasteiger partial charge on any atom is -0.436 e. The summed E-state index contributed by atoms with van der Waals surface area (Å²) in [5, 5.41) is 15.1. The zero-order valence-corrected chi connectivity index (χ0v) is 44.1. The van der Waals surface area contributed by atoms with Crippen molar-refractivity contribution in [2.24, 2.45) is 10.2 Å². The van der Waals surface area contributed by atoms with E-state index >= 15 is 0 Å². The van der Waals surface area contributed by atoms with Crippen molar-refractivity contribution in [3.63, 3.8) is 0 Å². The Bertz CT molecular complexity index is 3470. The number of hydrogen-bond donors (Lipinski definition) is 0. The van der Waals surface area contributed by atoms with E-state index in [0.29, 0.717) is 11.8 Å². The molecule has 2 unspecified atom stereocenters. The molecule has 4 heterocycles. The van der Waals surface area contributed by atoms with Crippen molar-refractivity contribution in [1.82, 2.24) is 9.97 Å². The third kappa shape index (κ3) is 9.40. The molecule has 10 heteroatoms. The van der Waals surface area contributed by atoms with Gasteiger partial charge in [-0.2, -0.15) is 10.2 Å². The van der Waals surface area contributed by atoms with Crippen molar-refractivity contribution < 1.29 is 8.83 Å². The molecule has 0 saturated carbocycles. The maximum absolute atomic E-state index is 6.17. The van der Waals surface area contributed by atoms with E-state index < -0.39 is 0 Å². The fourth-order valence-electron chi connectivity index (χ4n) is 10.9. The lowest BCUT2D eigenvalue weighted by molar-refractivity contribution is 0.619. The molecule has 0 fully saturated rings. The Kier molecular flexibility index (Phi) is 13.0. The third-order valence-electron chi connectivity index (χ3n) is 15.2. The van der Waals surface area contributed by atoms with Crippen LogP contribution in [0.1, 0.15) is 86.0 Å². The minimum atomic E-state index is 0.0238. The molecule has 2 aromatic heterocycles. The van der Waals surface area contributed by atoms with Crippen LogP contribution in [0.15, 0.2) is 201 Å². The van der Waals surface area contributed by atoms with Gasteiger partial charge in [-0.3, -0.25) is 10.0 Å². The molecule has 76 heavy (non-hydrogen) atoms. The molecular formula is C66H62N8O2. The SMILES string of the molecule is CCN(CC)c1ccc(C2CC(c3ccc(-c4ccc(C5=NN(c6ccc(-c7nc8cc(C)ccc8o7)cc6)C(c6ccc(N(CC)CC)cc6)C5)cc4)cc3)=NN2c2ccc(-c3nc4cc(C)ccc4o3)cc2)cc1. The third-order valence-corrected chi connectivity index (χ3v) is 15.2. The summed E-state index contributed by atoms with van der Waals surface area (Å²) in [5.41, 5.74) is 21.0. The fourth-order valence-corrected chi connectivity index (χ4v) is 10.9. The molecule has 0 amide bonds. The van der Waals surface area contributed by atoms with E-state index in [-0.39, 0.29) is 12.1 Å². The van der Waals surface area contributed by atoms with Gasteiger partial charge in [0.05, 0.1) is 34.9 Å². The summed E-state index contributed by atoms with van der Waals surface area (Å²) in [6.45, 7) is 16.8. The summed E-state index contributed by atoms with van der Waals surface area (Å²) in [7, 11) is 0. The van der Waals surface area contributed by atoms with E-state index in [1.165, 1.54) is 22.5 Å². The van der Waals surface area contributed by atoms with E-state index in [2.05, 4.69) is 231 Å². The van der Waals surface area contributed by atoms with Crippen LogP contribution in [-0.2, 0) is 0 Å². The molecule has 0 N–H and O–H groups in total. The number of rotatable bonds is 15. The molecule has 2 aliphatic heterocycles. The summed E-state index contributed by atoms with van der Waals surface area (Å²) >= 11 is 0. The summed E-state index contributed by atoms with van der Waals surface area (Å²) in [4.78, 5) is 14.4. The van der Waals surface area contributed by atoms with Gasteiger partial charge in [-0.15, -0.1) is 0 Å². The first kappa shape index (κ1) is 48.2. The lowest BCUT2D eigenvalue weighted by Gasteiger charge is -2.26. The van der Waals surface area contributed by atoms with Crippen LogP contribution in [0.5, 0.6) is 0 Å². The van der Waals surface area contributed by atoms with Crippen LogP contribution in [0.25, 0.3) is 56.2 Å². The van der Waals surface area contributed by atoms with Crippen molar-refractivity contribution >= 4 is 56.4 Å². The minimum absolute atomic E-state index is 0.0238. The quantitative estimate of drug-likeness (QED) is 0.100. The van der Waals surface area contributed by atoms with Crippen LogP contribution in [0.3, 0.4) is 0 Å². The molecule has 12 rings (SSSR count). The predicted molar refractivity (Wildman–Crippen MR) is 313 cm³/mol. The average Bonchev–Trinajstić information content (AvgIpc) is 4.31. The van der Waals surface area contributed by atoms with Crippen LogP contribution in [0, 0.1) is 13.8 Å². The van der Waals surface area contributed by atoms with Crippen molar-refractivity contribution in [1.29, 1.82) is 0 Å². The van der Waals surface area contributed by atoms with Gasteiger partial charge in [-0.1, -0.05) is 84.9 Å². The van der Waals surface area contributed by atoms with E-state index in [4.69, 9.17) is 29.0 Å². The summed E-state index contributed by atoms with van der Waals surface area (Å²) in [6.07, 6.45) is 1.54. The summed E-state index contributed by atoms with van der Waals surface area (Å²) < 4.78 is 12.3. The van der Waals surface area contributed by atoms with Gasteiger partial charge in [0, 0.05) is 61.5 Å². The van der Waals surface area contributed by atoms with Gasteiger partial charge in [-0.25, -0.2) is 9.97 Å². The largest absolute Gasteiger partial charge is 0.436 e. The Labute approximate surface area is 445 Å². The Morgan fingerprint density at radius 2 is 0.750 bits per heavy atom. The first-order valence-electron chi connectivity index (χ1n) is 26.8. The van der Waals surface area contributed by atoms with Crippen molar-refractivity contribution in [2.45, 2.75) is 66.5 Å². The highest BCUT2D eigenvalue weighted by molar-refractivity contribution is 6.05. The van der Waals surface area contributed by atoms with Gasteiger partial charge in [-0.05, 0) is 183 Å². The number of aryl methyl sites for hydroxylation is 2. The van der Waals surface area contributed by atoms with Crippen LogP contribution < -0.4 is 19.8 Å². The number of nitrogens with zero attached hydrogens (tertiary/aromatic N) is 8. The molecule has 0 spiro atoms. The molecular weight excluding hydrogens is 937 g/mol. The van der Waals surface area contributed by atoms with Crippen molar-refractivity contribution in [2.75, 3.05) is 46.0 Å². The molecule has 0 radical (unpaired) electrons. The lowest BCUT2D eigenvalue weighted by atomic mass is 9.95. The summed E-state index contributed by atoms with van der Waals surface area (Å²) in [6, 6.07) is 64.9. The predicted octanol–water partition coefficient (Wildman–Crippen LogP) is 16.0. The van der Waals surface area contributed by atoms with Crippen molar-refractivity contribution in [3.8, 4) is 34.0 Å². The zero-order chi connectivity index (χ0) is 51.9. The van der Waals surface area contributed by atoms with E-state index in [1.807, 2.05) is 12.1 Å².